The van der Waals surface area contributed by atoms with Crippen LogP contribution in [0.2, 0.25) is 5.02 Å². The van der Waals surface area contributed by atoms with Gasteiger partial charge in [0.25, 0.3) is 0 Å². The van der Waals surface area contributed by atoms with Gasteiger partial charge in [-0.05, 0) is 37.6 Å². The molecule has 0 saturated carbocycles. The van der Waals surface area contributed by atoms with Crippen LogP contribution < -0.4 is 15.4 Å². The van der Waals surface area contributed by atoms with Gasteiger partial charge >= 0.3 is 0 Å². The van der Waals surface area contributed by atoms with Crippen molar-refractivity contribution in [3.05, 3.63) is 118 Å². The number of hydrogen-bond acceptors (Lipinski definition) is 4. The number of ether oxygens (including phenoxy) is 1. The molecule has 0 unspecified atom stereocenters. The molecule has 1 atom stereocenters. The molecule has 1 amide bonds. The zero-order chi connectivity index (χ0) is 23.6. The second kappa shape index (κ2) is 12.0. The van der Waals surface area contributed by atoms with Crippen LogP contribution in [-0.4, -0.2) is 17.6 Å². The Morgan fingerprint density at radius 1 is 0.970 bits per heavy atom. The third-order valence-electron chi connectivity index (χ3n) is 5.18. The molecule has 0 aliphatic heterocycles. The fraction of sp³-hybridized carbons (Fsp3) is 0.185. The van der Waals surface area contributed by atoms with Crippen LogP contribution in [0.3, 0.4) is 0 Å². The standard InChI is InChI=1S/C27H27ClN2O3/c1-19(27(32)30-25(17-31)21-11-5-3-6-12-21)20(2)29-24-15-7-4-8-16-26(24)33-18-22-13-9-10-14-23(22)28/h3-16,25,31H,17-18H2,1-2H3,(H,30,32)/b20-19+,29-24?/t25-/m0/s1. The molecule has 0 heterocycles. The molecule has 0 fully saturated rings. The summed E-state index contributed by atoms with van der Waals surface area (Å²) in [5, 5.41) is 13.8. The lowest BCUT2D eigenvalue weighted by atomic mass is 10.1. The van der Waals surface area contributed by atoms with Crippen LogP contribution in [0.5, 0.6) is 5.75 Å². The number of carbonyl (C=O) groups excluding carboxylic acids is 1. The van der Waals surface area contributed by atoms with Crippen molar-refractivity contribution in [2.75, 3.05) is 6.61 Å². The molecule has 2 N–H and O–H groups in total. The highest BCUT2D eigenvalue weighted by Crippen LogP contribution is 2.17. The van der Waals surface area contributed by atoms with E-state index in [4.69, 9.17) is 16.3 Å². The van der Waals surface area contributed by atoms with E-state index < -0.39 is 6.04 Å². The Hall–Kier alpha value is -3.41. The van der Waals surface area contributed by atoms with Crippen molar-refractivity contribution in [3.8, 4) is 5.75 Å². The summed E-state index contributed by atoms with van der Waals surface area (Å²) in [5.41, 5.74) is 2.70. The molecule has 5 nitrogen and oxygen atoms in total. The first-order chi connectivity index (χ1) is 16.0. The van der Waals surface area contributed by atoms with E-state index >= 15 is 0 Å². The van der Waals surface area contributed by atoms with Gasteiger partial charge in [0.15, 0.2) is 0 Å². The zero-order valence-corrected chi connectivity index (χ0v) is 19.4. The van der Waals surface area contributed by atoms with Crippen LogP contribution in [-0.2, 0) is 11.4 Å². The second-order valence-electron chi connectivity index (χ2n) is 7.48. The van der Waals surface area contributed by atoms with Gasteiger partial charge in [0.05, 0.1) is 12.6 Å². The number of benzene rings is 2. The predicted octanol–water partition coefficient (Wildman–Crippen LogP) is 4.96. The van der Waals surface area contributed by atoms with Crippen molar-refractivity contribution in [1.82, 2.24) is 5.32 Å². The van der Waals surface area contributed by atoms with Gasteiger partial charge in [0.1, 0.15) is 17.7 Å². The summed E-state index contributed by atoms with van der Waals surface area (Å²) >= 11 is 6.24. The number of hydrogen-bond donors (Lipinski definition) is 2. The van der Waals surface area contributed by atoms with Crippen molar-refractivity contribution in [3.63, 3.8) is 0 Å². The van der Waals surface area contributed by atoms with E-state index in [1.54, 1.807) is 13.8 Å². The average Bonchev–Trinajstić information content (AvgIpc) is 3.06. The van der Waals surface area contributed by atoms with Crippen molar-refractivity contribution >= 4 is 17.5 Å². The largest absolute Gasteiger partial charge is 0.487 e. The maximum atomic E-state index is 12.8. The Labute approximate surface area is 199 Å². The van der Waals surface area contributed by atoms with Gasteiger partial charge in [-0.1, -0.05) is 78.3 Å². The highest BCUT2D eigenvalue weighted by atomic mass is 35.5. The summed E-state index contributed by atoms with van der Waals surface area (Å²) in [7, 11) is 0. The van der Waals surface area contributed by atoms with E-state index in [0.717, 1.165) is 11.1 Å². The summed E-state index contributed by atoms with van der Waals surface area (Å²) in [4.78, 5) is 17.5. The highest BCUT2D eigenvalue weighted by Gasteiger charge is 2.16. The Kier molecular flexibility index (Phi) is 8.81. The van der Waals surface area contributed by atoms with Crippen molar-refractivity contribution in [2.45, 2.75) is 26.5 Å². The summed E-state index contributed by atoms with van der Waals surface area (Å²) in [6, 6.07) is 25.6. The Morgan fingerprint density at radius 3 is 2.30 bits per heavy atom. The molecule has 3 rings (SSSR count). The highest BCUT2D eigenvalue weighted by molar-refractivity contribution is 6.31. The summed E-state index contributed by atoms with van der Waals surface area (Å²) in [6.07, 6.45) is 0. The Balaban J connectivity index is 1.84. The lowest BCUT2D eigenvalue weighted by Gasteiger charge is -2.17. The monoisotopic (exact) mass is 462 g/mol. The molecule has 3 aromatic carbocycles. The number of rotatable bonds is 8. The number of aliphatic hydroxyl groups is 1. The minimum absolute atomic E-state index is 0.201. The van der Waals surface area contributed by atoms with Crippen molar-refractivity contribution < 1.29 is 14.6 Å². The summed E-state index contributed by atoms with van der Waals surface area (Å²) in [5.74, 6) is 0.281. The molecule has 0 aliphatic carbocycles. The SMILES string of the molecule is C/C(N=c1cccccc1OCc1ccccc1Cl)=C(/C)C(=O)N[C@@H](CO)c1ccccc1. The van der Waals surface area contributed by atoms with E-state index in [1.807, 2.05) is 84.9 Å². The third-order valence-corrected chi connectivity index (χ3v) is 5.55. The van der Waals surface area contributed by atoms with Gasteiger partial charge in [-0.15, -0.1) is 0 Å². The van der Waals surface area contributed by atoms with E-state index in [1.165, 1.54) is 0 Å². The maximum absolute atomic E-state index is 12.8. The molecule has 6 heteroatoms. The average molecular weight is 463 g/mol. The fourth-order valence-electron chi connectivity index (χ4n) is 3.12. The van der Waals surface area contributed by atoms with Gasteiger partial charge in [0.2, 0.25) is 5.91 Å². The predicted molar refractivity (Wildman–Crippen MR) is 131 cm³/mol. The van der Waals surface area contributed by atoms with Crippen LogP contribution >= 0.6 is 11.6 Å². The van der Waals surface area contributed by atoms with Gasteiger partial charge in [-0.25, -0.2) is 4.99 Å². The van der Waals surface area contributed by atoms with Gasteiger partial charge in [-0.3, -0.25) is 4.79 Å². The first kappa shape index (κ1) is 24.2. The number of aliphatic hydroxyl groups excluding tert-OH is 1. The number of nitrogens with zero attached hydrogens (tertiary/aromatic N) is 1. The lowest BCUT2D eigenvalue weighted by molar-refractivity contribution is -0.118. The number of nitrogens with one attached hydrogen (secondary N) is 1. The van der Waals surface area contributed by atoms with Crippen LogP contribution in [0.4, 0.5) is 0 Å². The van der Waals surface area contributed by atoms with E-state index in [2.05, 4.69) is 10.3 Å². The molecule has 0 bridgehead atoms. The molecular formula is C27H27ClN2O3. The zero-order valence-electron chi connectivity index (χ0n) is 18.7. The minimum atomic E-state index is -0.495. The van der Waals surface area contributed by atoms with E-state index in [0.29, 0.717) is 34.0 Å². The quantitative estimate of drug-likeness (QED) is 0.464. The molecule has 0 saturated heterocycles. The van der Waals surface area contributed by atoms with Crippen molar-refractivity contribution in [1.29, 1.82) is 0 Å². The van der Waals surface area contributed by atoms with E-state index in [9.17, 15) is 9.90 Å². The maximum Gasteiger partial charge on any atom is 0.249 e. The lowest BCUT2D eigenvalue weighted by Crippen LogP contribution is -2.31. The van der Waals surface area contributed by atoms with Crippen LogP contribution in [0, 0.1) is 0 Å². The summed E-state index contributed by atoms with van der Waals surface area (Å²) < 4.78 is 6.01. The second-order valence-corrected chi connectivity index (χ2v) is 7.89. The normalized spacial score (nSPS) is 13.2. The first-order valence-electron chi connectivity index (χ1n) is 10.6. The van der Waals surface area contributed by atoms with Crippen LogP contribution in [0.1, 0.15) is 31.0 Å². The van der Waals surface area contributed by atoms with E-state index in [-0.39, 0.29) is 12.5 Å². The Bertz CT molecular complexity index is 1190. The number of carbonyl (C=O) groups is 1. The van der Waals surface area contributed by atoms with Gasteiger partial charge in [0, 0.05) is 21.9 Å². The molecular weight excluding hydrogens is 436 g/mol. The van der Waals surface area contributed by atoms with Gasteiger partial charge in [-0.2, -0.15) is 0 Å². The minimum Gasteiger partial charge on any atom is -0.487 e. The number of halogens is 1. The molecule has 0 aliphatic rings. The molecule has 0 aromatic heterocycles. The third kappa shape index (κ3) is 6.78. The fourth-order valence-corrected chi connectivity index (χ4v) is 3.31. The number of allylic oxidation sites excluding steroid dienone is 1. The molecule has 33 heavy (non-hydrogen) atoms. The summed E-state index contributed by atoms with van der Waals surface area (Å²) in [6.45, 7) is 3.58. The molecule has 170 valence electrons. The van der Waals surface area contributed by atoms with Crippen LogP contribution in [0.15, 0.2) is 101 Å². The molecule has 0 radical (unpaired) electrons. The van der Waals surface area contributed by atoms with Crippen molar-refractivity contribution in [2.24, 2.45) is 4.99 Å². The smallest absolute Gasteiger partial charge is 0.249 e. The van der Waals surface area contributed by atoms with Crippen LogP contribution in [0.25, 0.3) is 0 Å². The molecule has 0 spiro atoms. The topological polar surface area (TPSA) is 70.9 Å². The number of amides is 1. The molecule has 3 aromatic rings. The first-order valence-corrected chi connectivity index (χ1v) is 11.0. The Morgan fingerprint density at radius 2 is 1.61 bits per heavy atom. The van der Waals surface area contributed by atoms with Gasteiger partial charge < -0.3 is 15.2 Å².